The van der Waals surface area contributed by atoms with Crippen LogP contribution in [0, 0.1) is 12.7 Å². The van der Waals surface area contributed by atoms with Gasteiger partial charge in [-0.25, -0.2) is 4.39 Å². The van der Waals surface area contributed by atoms with Gasteiger partial charge in [0.05, 0.1) is 18.2 Å². The van der Waals surface area contributed by atoms with Gasteiger partial charge in [0, 0.05) is 35.4 Å². The minimum absolute atomic E-state index is 0.0739. The van der Waals surface area contributed by atoms with Crippen LogP contribution in [0.3, 0.4) is 0 Å². The molecule has 1 heterocycles. The van der Waals surface area contributed by atoms with Crippen molar-refractivity contribution in [3.63, 3.8) is 0 Å². The Balaban J connectivity index is 1.75. The third-order valence-electron chi connectivity index (χ3n) is 5.15. The van der Waals surface area contributed by atoms with Gasteiger partial charge in [-0.05, 0) is 42.1 Å². The van der Waals surface area contributed by atoms with Crippen LogP contribution in [0.25, 0.3) is 10.8 Å². The highest BCUT2D eigenvalue weighted by atomic mass is 35.5. The van der Waals surface area contributed by atoms with Crippen LogP contribution in [-0.4, -0.2) is 36.3 Å². The number of morpholine rings is 1. The summed E-state index contributed by atoms with van der Waals surface area (Å²) in [7, 11) is 0. The van der Waals surface area contributed by atoms with Gasteiger partial charge in [0.25, 0.3) is 0 Å². The molecule has 2 N–H and O–H groups in total. The van der Waals surface area contributed by atoms with E-state index >= 15 is 0 Å². The zero-order valence-corrected chi connectivity index (χ0v) is 16.3. The lowest BCUT2D eigenvalue weighted by atomic mass is 9.97. The molecular formula is C22H22ClFN2O2. The van der Waals surface area contributed by atoms with Gasteiger partial charge < -0.3 is 15.2 Å². The van der Waals surface area contributed by atoms with E-state index in [2.05, 4.69) is 5.32 Å². The van der Waals surface area contributed by atoms with E-state index in [0.717, 1.165) is 27.6 Å². The maximum absolute atomic E-state index is 13.5. The van der Waals surface area contributed by atoms with E-state index < -0.39 is 12.0 Å². The molecule has 1 saturated heterocycles. The van der Waals surface area contributed by atoms with Crippen LogP contribution in [-0.2, 0) is 4.74 Å². The summed E-state index contributed by atoms with van der Waals surface area (Å²) in [5.41, 5.74) is 3.54. The standard InChI is InChI=1S/C22H22ClFN2O2/c1-14-3-2-4-16-20(25-15-5-7-19(24)18(23)13-15)8-6-17(21(14)16)22(27)26-9-11-28-12-10-26/h2-8,13,22,25,27H,9-12H2,1H3. The van der Waals surface area contributed by atoms with Crippen molar-refractivity contribution >= 4 is 33.7 Å². The van der Waals surface area contributed by atoms with E-state index in [-0.39, 0.29) is 5.02 Å². The molecule has 4 rings (SSSR count). The third-order valence-corrected chi connectivity index (χ3v) is 5.44. The highest BCUT2D eigenvalue weighted by Gasteiger charge is 2.23. The molecule has 1 aliphatic heterocycles. The van der Waals surface area contributed by atoms with Crippen molar-refractivity contribution in [3.8, 4) is 0 Å². The first-order valence-corrected chi connectivity index (χ1v) is 9.66. The minimum atomic E-state index is -0.693. The summed E-state index contributed by atoms with van der Waals surface area (Å²) in [6, 6.07) is 14.5. The number of ether oxygens (including phenoxy) is 1. The average Bonchev–Trinajstić information content (AvgIpc) is 2.71. The summed E-state index contributed by atoms with van der Waals surface area (Å²) >= 11 is 5.91. The number of halogens is 2. The first-order chi connectivity index (χ1) is 13.5. The van der Waals surface area contributed by atoms with Gasteiger partial charge >= 0.3 is 0 Å². The van der Waals surface area contributed by atoms with Gasteiger partial charge in [0.15, 0.2) is 0 Å². The van der Waals surface area contributed by atoms with Crippen LogP contribution >= 0.6 is 11.6 Å². The molecule has 3 aromatic carbocycles. The van der Waals surface area contributed by atoms with Crippen molar-refractivity contribution in [2.45, 2.75) is 13.2 Å². The number of aliphatic hydroxyl groups is 1. The van der Waals surface area contributed by atoms with Crippen LogP contribution in [0.2, 0.25) is 5.02 Å². The normalized spacial score (nSPS) is 16.3. The molecule has 0 radical (unpaired) electrons. The number of hydrogen-bond donors (Lipinski definition) is 2. The number of benzene rings is 3. The lowest BCUT2D eigenvalue weighted by molar-refractivity contribution is -0.0596. The zero-order valence-electron chi connectivity index (χ0n) is 15.6. The monoisotopic (exact) mass is 400 g/mol. The zero-order chi connectivity index (χ0) is 19.7. The van der Waals surface area contributed by atoms with E-state index in [0.29, 0.717) is 32.0 Å². The minimum Gasteiger partial charge on any atom is -0.379 e. The number of rotatable bonds is 4. The van der Waals surface area contributed by atoms with Crippen LogP contribution in [0.1, 0.15) is 17.4 Å². The van der Waals surface area contributed by atoms with Crippen LogP contribution in [0.4, 0.5) is 15.8 Å². The lowest BCUT2D eigenvalue weighted by Crippen LogP contribution is -2.39. The van der Waals surface area contributed by atoms with Gasteiger partial charge in [-0.3, -0.25) is 4.90 Å². The smallest absolute Gasteiger partial charge is 0.141 e. The molecule has 28 heavy (non-hydrogen) atoms. The molecule has 0 amide bonds. The van der Waals surface area contributed by atoms with Gasteiger partial charge in [0.1, 0.15) is 12.0 Å². The van der Waals surface area contributed by atoms with E-state index in [1.165, 1.54) is 6.07 Å². The molecule has 1 fully saturated rings. The maximum atomic E-state index is 13.5. The fraction of sp³-hybridized carbons (Fsp3) is 0.273. The van der Waals surface area contributed by atoms with E-state index in [1.54, 1.807) is 12.1 Å². The fourth-order valence-corrected chi connectivity index (χ4v) is 3.87. The number of aliphatic hydroxyl groups excluding tert-OH is 1. The third kappa shape index (κ3) is 3.71. The van der Waals surface area contributed by atoms with Gasteiger partial charge in [-0.2, -0.15) is 0 Å². The van der Waals surface area contributed by atoms with Gasteiger partial charge in [-0.15, -0.1) is 0 Å². The van der Waals surface area contributed by atoms with Crippen molar-refractivity contribution in [2.24, 2.45) is 0 Å². The van der Waals surface area contributed by atoms with Crippen LogP contribution in [0.15, 0.2) is 48.5 Å². The summed E-state index contributed by atoms with van der Waals surface area (Å²) in [6.45, 7) is 4.68. The molecule has 0 bridgehead atoms. The Hall–Kier alpha value is -2.18. The van der Waals surface area contributed by atoms with Crippen molar-refractivity contribution in [1.29, 1.82) is 0 Å². The SMILES string of the molecule is Cc1cccc2c(Nc3ccc(F)c(Cl)c3)ccc(C(O)N3CCOCC3)c12. The summed E-state index contributed by atoms with van der Waals surface area (Å²) < 4.78 is 18.9. The summed E-state index contributed by atoms with van der Waals surface area (Å²) in [4.78, 5) is 2.03. The molecule has 0 aliphatic carbocycles. The largest absolute Gasteiger partial charge is 0.379 e. The molecule has 1 atom stereocenters. The van der Waals surface area contributed by atoms with E-state index in [4.69, 9.17) is 16.3 Å². The maximum Gasteiger partial charge on any atom is 0.141 e. The van der Waals surface area contributed by atoms with Crippen LogP contribution in [0.5, 0.6) is 0 Å². The summed E-state index contributed by atoms with van der Waals surface area (Å²) in [5, 5.41) is 16.4. The molecule has 1 unspecified atom stereocenters. The van der Waals surface area contributed by atoms with Crippen molar-refractivity contribution in [3.05, 3.63) is 70.5 Å². The van der Waals surface area contributed by atoms with E-state index in [9.17, 15) is 9.50 Å². The summed E-state index contributed by atoms with van der Waals surface area (Å²) in [5.74, 6) is -0.447. The fourth-order valence-electron chi connectivity index (χ4n) is 3.69. The van der Waals surface area contributed by atoms with Crippen molar-refractivity contribution in [2.75, 3.05) is 31.6 Å². The molecule has 3 aromatic rings. The molecule has 1 aliphatic rings. The van der Waals surface area contributed by atoms with Crippen molar-refractivity contribution < 1.29 is 14.2 Å². The Bertz CT molecular complexity index is 1010. The number of anilines is 2. The predicted octanol–water partition coefficient (Wildman–Crippen LogP) is 5.01. The first kappa shape index (κ1) is 19.2. The van der Waals surface area contributed by atoms with Gasteiger partial charge in [-0.1, -0.05) is 35.9 Å². The quantitative estimate of drug-likeness (QED) is 0.646. The number of hydrogen-bond acceptors (Lipinski definition) is 4. The second-order valence-electron chi connectivity index (χ2n) is 6.98. The lowest BCUT2D eigenvalue weighted by Gasteiger charge is -2.32. The molecule has 146 valence electrons. The molecular weight excluding hydrogens is 379 g/mol. The second kappa shape index (κ2) is 8.05. The highest BCUT2D eigenvalue weighted by molar-refractivity contribution is 6.31. The Labute approximate surface area is 168 Å². The first-order valence-electron chi connectivity index (χ1n) is 9.29. The Morgan fingerprint density at radius 2 is 1.93 bits per heavy atom. The molecule has 0 aromatic heterocycles. The topological polar surface area (TPSA) is 44.7 Å². The summed E-state index contributed by atoms with van der Waals surface area (Å²) in [6.07, 6.45) is -0.693. The van der Waals surface area contributed by atoms with Crippen molar-refractivity contribution in [1.82, 2.24) is 4.90 Å². The van der Waals surface area contributed by atoms with E-state index in [1.807, 2.05) is 42.2 Å². The Kier molecular flexibility index (Phi) is 5.51. The highest BCUT2D eigenvalue weighted by Crippen LogP contribution is 2.35. The molecule has 6 heteroatoms. The number of fused-ring (bicyclic) bond motifs is 1. The average molecular weight is 401 g/mol. The van der Waals surface area contributed by atoms with Crippen LogP contribution < -0.4 is 5.32 Å². The number of nitrogens with one attached hydrogen (secondary N) is 1. The predicted molar refractivity (Wildman–Crippen MR) is 111 cm³/mol. The molecule has 0 saturated carbocycles. The van der Waals surface area contributed by atoms with Gasteiger partial charge in [0.2, 0.25) is 0 Å². The number of nitrogens with zero attached hydrogens (tertiary/aromatic N) is 1. The second-order valence-corrected chi connectivity index (χ2v) is 7.38. The molecule has 4 nitrogen and oxygen atoms in total. The Morgan fingerprint density at radius 1 is 1.14 bits per heavy atom. The Morgan fingerprint density at radius 3 is 2.68 bits per heavy atom. The molecule has 0 spiro atoms. The number of aryl methyl sites for hydroxylation is 1.